The molecule has 2 aliphatic rings. The molecule has 5 rings (SSSR count). The molecule has 0 bridgehead atoms. The van der Waals surface area contributed by atoms with Crippen molar-refractivity contribution in [2.24, 2.45) is 5.92 Å². The number of halogens is 2. The summed E-state index contributed by atoms with van der Waals surface area (Å²) < 4.78 is 1.71. The van der Waals surface area contributed by atoms with E-state index in [4.69, 9.17) is 28.2 Å². The smallest absolute Gasteiger partial charge is 0.190 e. The fourth-order valence-corrected chi connectivity index (χ4v) is 6.07. The highest BCUT2D eigenvalue weighted by Gasteiger charge is 2.34. The Hall–Kier alpha value is -2.44. The van der Waals surface area contributed by atoms with Crippen LogP contribution >= 0.6 is 23.2 Å². The zero-order valence-electron chi connectivity index (χ0n) is 19.7. The van der Waals surface area contributed by atoms with Gasteiger partial charge < -0.3 is 10.0 Å². The number of anilines is 1. The topological polar surface area (TPSA) is 94.1 Å². The third-order valence-electron chi connectivity index (χ3n) is 7.39. The van der Waals surface area contributed by atoms with Crippen molar-refractivity contribution in [3.63, 3.8) is 0 Å². The SMILES string of the molecule is CC(c1ccc(Cl)cc1Cl)n1nc(C#N)c2ncc(N3CC[C@H](N4CCCCC4)[C@H](CO)C3)nc21. The molecular formula is C25H29Cl2N7O. The van der Waals surface area contributed by atoms with Gasteiger partial charge in [0.25, 0.3) is 0 Å². The first-order valence-electron chi connectivity index (χ1n) is 12.2. The number of rotatable bonds is 5. The zero-order chi connectivity index (χ0) is 24.5. The van der Waals surface area contributed by atoms with E-state index in [1.165, 1.54) is 19.3 Å². The molecule has 1 N–H and O–H groups in total. The maximum absolute atomic E-state index is 10.2. The number of benzene rings is 1. The number of likely N-dealkylation sites (tertiary alicyclic amines) is 1. The lowest BCUT2D eigenvalue weighted by atomic mass is 9.90. The number of piperidine rings is 2. The van der Waals surface area contributed by atoms with Gasteiger partial charge in [0.1, 0.15) is 17.4 Å². The second kappa shape index (κ2) is 10.3. The number of nitriles is 1. The van der Waals surface area contributed by atoms with Crippen LogP contribution in [-0.4, -0.2) is 68.6 Å². The molecule has 2 aliphatic heterocycles. The average molecular weight is 514 g/mol. The zero-order valence-corrected chi connectivity index (χ0v) is 21.3. The average Bonchev–Trinajstić information content (AvgIpc) is 3.26. The summed E-state index contributed by atoms with van der Waals surface area (Å²) in [5.74, 6) is 0.888. The molecule has 3 atom stereocenters. The van der Waals surface area contributed by atoms with Gasteiger partial charge in [-0.05, 0) is 57.0 Å². The molecule has 0 amide bonds. The summed E-state index contributed by atoms with van der Waals surface area (Å²) in [6.45, 7) is 5.91. The minimum Gasteiger partial charge on any atom is -0.396 e. The van der Waals surface area contributed by atoms with Crippen molar-refractivity contribution in [3.05, 3.63) is 45.7 Å². The van der Waals surface area contributed by atoms with Gasteiger partial charge in [-0.3, -0.25) is 4.90 Å². The Kier molecular flexibility index (Phi) is 7.12. The van der Waals surface area contributed by atoms with E-state index in [2.05, 4.69) is 26.0 Å². The van der Waals surface area contributed by atoms with Gasteiger partial charge in [-0.2, -0.15) is 10.4 Å². The van der Waals surface area contributed by atoms with Crippen LogP contribution in [0.4, 0.5) is 5.82 Å². The van der Waals surface area contributed by atoms with E-state index in [9.17, 15) is 10.4 Å². The fourth-order valence-electron chi connectivity index (χ4n) is 5.51. The van der Waals surface area contributed by atoms with Gasteiger partial charge in [0.2, 0.25) is 0 Å². The molecule has 1 aromatic carbocycles. The molecule has 8 nitrogen and oxygen atoms in total. The Labute approximate surface area is 215 Å². The van der Waals surface area contributed by atoms with E-state index in [0.717, 1.165) is 44.0 Å². The molecular weight excluding hydrogens is 485 g/mol. The number of aromatic nitrogens is 4. The Balaban J connectivity index is 1.45. The third-order valence-corrected chi connectivity index (χ3v) is 7.95. The molecule has 10 heteroatoms. The largest absolute Gasteiger partial charge is 0.396 e. The molecule has 0 aliphatic carbocycles. The van der Waals surface area contributed by atoms with Crippen LogP contribution in [0.5, 0.6) is 0 Å². The first-order chi connectivity index (χ1) is 17.0. The lowest BCUT2D eigenvalue weighted by Gasteiger charge is -2.45. The van der Waals surface area contributed by atoms with Crippen molar-refractivity contribution in [2.75, 3.05) is 37.7 Å². The molecule has 184 valence electrons. The van der Waals surface area contributed by atoms with Crippen LogP contribution in [0, 0.1) is 17.2 Å². The molecule has 2 saturated heterocycles. The van der Waals surface area contributed by atoms with E-state index in [-0.39, 0.29) is 24.3 Å². The van der Waals surface area contributed by atoms with Gasteiger partial charge in [0.15, 0.2) is 11.3 Å². The highest BCUT2D eigenvalue weighted by Crippen LogP contribution is 2.32. The number of hydrogen-bond donors (Lipinski definition) is 1. The fraction of sp³-hybridized carbons (Fsp3) is 0.520. The van der Waals surface area contributed by atoms with Crippen molar-refractivity contribution in [1.82, 2.24) is 24.6 Å². The molecule has 1 unspecified atom stereocenters. The summed E-state index contributed by atoms with van der Waals surface area (Å²) in [5, 5.41) is 25.4. The van der Waals surface area contributed by atoms with Crippen molar-refractivity contribution in [1.29, 1.82) is 5.26 Å². The second-order valence-electron chi connectivity index (χ2n) is 9.49. The third kappa shape index (κ3) is 4.70. The molecule has 0 saturated carbocycles. The Morgan fingerprint density at radius 3 is 2.71 bits per heavy atom. The maximum atomic E-state index is 10.2. The summed E-state index contributed by atoms with van der Waals surface area (Å²) in [7, 11) is 0. The second-order valence-corrected chi connectivity index (χ2v) is 10.3. The molecule has 3 aromatic rings. The number of aliphatic hydroxyl groups excluding tert-OH is 1. The van der Waals surface area contributed by atoms with Crippen LogP contribution in [0.15, 0.2) is 24.4 Å². The van der Waals surface area contributed by atoms with Gasteiger partial charge in [0, 0.05) is 41.7 Å². The summed E-state index contributed by atoms with van der Waals surface area (Å²) in [4.78, 5) is 14.2. The number of fused-ring (bicyclic) bond motifs is 1. The molecule has 2 aromatic heterocycles. The summed E-state index contributed by atoms with van der Waals surface area (Å²) >= 11 is 12.5. The minimum atomic E-state index is -0.274. The first-order valence-corrected chi connectivity index (χ1v) is 13.0. The summed E-state index contributed by atoms with van der Waals surface area (Å²) in [5.41, 5.74) is 2.07. The van der Waals surface area contributed by atoms with Crippen LogP contribution in [0.2, 0.25) is 10.0 Å². The Bertz CT molecular complexity index is 1250. The summed E-state index contributed by atoms with van der Waals surface area (Å²) in [6.07, 6.45) is 6.46. The van der Waals surface area contributed by atoms with Crippen molar-refractivity contribution in [2.45, 2.75) is 44.7 Å². The van der Waals surface area contributed by atoms with Crippen LogP contribution in [0.25, 0.3) is 11.2 Å². The molecule has 35 heavy (non-hydrogen) atoms. The van der Waals surface area contributed by atoms with E-state index >= 15 is 0 Å². The number of nitrogens with zero attached hydrogens (tertiary/aromatic N) is 7. The lowest BCUT2D eigenvalue weighted by Crippen LogP contribution is -2.53. The van der Waals surface area contributed by atoms with Crippen molar-refractivity contribution < 1.29 is 5.11 Å². The minimum absolute atomic E-state index is 0.149. The first kappa shape index (κ1) is 24.3. The van der Waals surface area contributed by atoms with Crippen LogP contribution in [0.3, 0.4) is 0 Å². The van der Waals surface area contributed by atoms with Gasteiger partial charge in [-0.1, -0.05) is 35.7 Å². The highest BCUT2D eigenvalue weighted by atomic mass is 35.5. The van der Waals surface area contributed by atoms with Gasteiger partial charge in [-0.15, -0.1) is 0 Å². The van der Waals surface area contributed by atoms with E-state index < -0.39 is 0 Å². The normalized spacial score (nSPS) is 22.3. The van der Waals surface area contributed by atoms with Crippen LogP contribution < -0.4 is 4.90 Å². The van der Waals surface area contributed by atoms with Crippen LogP contribution in [0.1, 0.15) is 49.9 Å². The highest BCUT2D eigenvalue weighted by molar-refractivity contribution is 6.35. The monoisotopic (exact) mass is 513 g/mol. The van der Waals surface area contributed by atoms with Crippen molar-refractivity contribution >= 4 is 40.2 Å². The number of hydrogen-bond acceptors (Lipinski definition) is 7. The maximum Gasteiger partial charge on any atom is 0.190 e. The lowest BCUT2D eigenvalue weighted by molar-refractivity contribution is 0.0676. The predicted molar refractivity (Wildman–Crippen MR) is 137 cm³/mol. The van der Waals surface area contributed by atoms with Gasteiger partial charge in [0.05, 0.1) is 12.2 Å². The Morgan fingerprint density at radius 1 is 1.20 bits per heavy atom. The van der Waals surface area contributed by atoms with Gasteiger partial charge in [-0.25, -0.2) is 14.6 Å². The molecule has 2 fully saturated rings. The van der Waals surface area contributed by atoms with Gasteiger partial charge >= 0.3 is 0 Å². The van der Waals surface area contributed by atoms with E-state index in [1.807, 2.05) is 13.0 Å². The van der Waals surface area contributed by atoms with E-state index in [1.54, 1.807) is 23.0 Å². The quantitative estimate of drug-likeness (QED) is 0.543. The number of aliphatic hydroxyl groups is 1. The molecule has 0 radical (unpaired) electrons. The van der Waals surface area contributed by atoms with Crippen molar-refractivity contribution in [3.8, 4) is 6.07 Å². The van der Waals surface area contributed by atoms with E-state index in [0.29, 0.717) is 27.3 Å². The molecule has 0 spiro atoms. The Morgan fingerprint density at radius 2 is 2.00 bits per heavy atom. The predicted octanol–water partition coefficient (Wildman–Crippen LogP) is 4.29. The molecule has 4 heterocycles. The standard InChI is InChI=1S/C25H29Cl2N7O/c1-16(19-6-5-18(26)11-20(19)27)34-25-24(21(12-28)31-34)29-13-23(30-25)33-10-7-22(17(14-33)15-35)32-8-3-2-4-9-32/h5-6,11,13,16-17,22,35H,2-4,7-10,14-15H2,1H3/t16?,17-,22-/m0/s1. The summed E-state index contributed by atoms with van der Waals surface area (Å²) in [6, 6.07) is 7.61. The van der Waals surface area contributed by atoms with Crippen LogP contribution in [-0.2, 0) is 0 Å².